The normalized spacial score (nSPS) is 13.0. The number of aliphatic hydroxyl groups is 1. The maximum Gasteiger partial charge on any atom is 0.139 e. The second-order valence-electron chi connectivity index (χ2n) is 13.2. The molecule has 0 aliphatic heterocycles. The van der Waals surface area contributed by atoms with Gasteiger partial charge in [-0.05, 0) is 108 Å². The number of ether oxygens (including phenoxy) is 2. The second kappa shape index (κ2) is 22.9. The highest BCUT2D eigenvalue weighted by Crippen LogP contribution is 2.36. The van der Waals surface area contributed by atoms with E-state index in [9.17, 15) is 22.7 Å². The van der Waals surface area contributed by atoms with Gasteiger partial charge >= 0.3 is 0 Å². The van der Waals surface area contributed by atoms with Gasteiger partial charge in [0.25, 0.3) is 0 Å². The predicted octanol–water partition coefficient (Wildman–Crippen LogP) is 15.4. The number of halogens is 7. The molecule has 0 saturated carbocycles. The van der Waals surface area contributed by atoms with Crippen LogP contribution < -0.4 is 9.47 Å². The Bertz CT molecular complexity index is 2080. The third kappa shape index (κ3) is 13.6. The summed E-state index contributed by atoms with van der Waals surface area (Å²) in [5, 5.41) is 10.9. The van der Waals surface area contributed by atoms with Gasteiger partial charge in [-0.3, -0.25) is 0 Å². The van der Waals surface area contributed by atoms with Crippen molar-refractivity contribution in [2.24, 2.45) is 0 Å². The third-order valence-corrected chi connectivity index (χ3v) is 9.93. The van der Waals surface area contributed by atoms with Gasteiger partial charge in [0.05, 0.1) is 0 Å². The summed E-state index contributed by atoms with van der Waals surface area (Å²) in [6.45, 7) is -0.256. The van der Waals surface area contributed by atoms with E-state index >= 15 is 0 Å². The molecule has 1 N–H and O–H groups in total. The molecule has 0 aliphatic carbocycles. The smallest absolute Gasteiger partial charge is 0.139 e. The minimum Gasteiger partial charge on any atom is -0.457 e. The number of alkyl halides is 1. The Hall–Kier alpha value is -4.86. The molecule has 300 valence electrons. The van der Waals surface area contributed by atoms with E-state index in [0.717, 1.165) is 0 Å². The first-order valence-electron chi connectivity index (χ1n) is 18.5. The van der Waals surface area contributed by atoms with Crippen molar-refractivity contribution in [1.82, 2.24) is 0 Å². The lowest BCUT2D eigenvalue weighted by Crippen LogP contribution is -2.05. The molecule has 0 aromatic heterocycles. The van der Waals surface area contributed by atoms with Crippen LogP contribution >= 0.6 is 39.1 Å². The topological polar surface area (TPSA) is 38.7 Å². The molecule has 0 heterocycles. The Morgan fingerprint density at radius 2 is 0.879 bits per heavy atom. The van der Waals surface area contributed by atoms with Crippen molar-refractivity contribution < 1.29 is 32.1 Å². The second-order valence-corrected chi connectivity index (χ2v) is 14.8. The number of allylic oxidation sites excluding steroid dienone is 4. The van der Waals surface area contributed by atoms with Gasteiger partial charge in [-0.2, -0.15) is 0 Å². The van der Waals surface area contributed by atoms with Gasteiger partial charge in [-0.1, -0.05) is 124 Å². The van der Waals surface area contributed by atoms with E-state index < -0.39 is 35.1 Å². The summed E-state index contributed by atoms with van der Waals surface area (Å²) < 4.78 is 70.9. The molecular weight excluding hydrogens is 851 g/mol. The predicted molar refractivity (Wildman–Crippen MR) is 230 cm³/mol. The zero-order valence-electron chi connectivity index (χ0n) is 31.3. The maximum atomic E-state index is 15.0. The van der Waals surface area contributed by atoms with E-state index in [0.29, 0.717) is 67.0 Å². The number of rotatable bonds is 16. The molecule has 0 fully saturated rings. The van der Waals surface area contributed by atoms with Crippen LogP contribution in [0.3, 0.4) is 0 Å². The summed E-state index contributed by atoms with van der Waals surface area (Å²) in [6, 6.07) is 45.9. The third-order valence-electron chi connectivity index (χ3n) is 8.96. The largest absolute Gasteiger partial charge is 0.457 e. The maximum absolute atomic E-state index is 15.0. The molecule has 0 spiro atoms. The fraction of sp³-hybridized carbons (Fsp3) is 0.167. The van der Waals surface area contributed by atoms with E-state index in [2.05, 4.69) is 15.9 Å². The fourth-order valence-corrected chi connectivity index (χ4v) is 6.81. The molecule has 2 atom stereocenters. The van der Waals surface area contributed by atoms with Gasteiger partial charge in [-0.15, -0.1) is 0 Å². The monoisotopic (exact) mass is 890 g/mol. The molecule has 0 amide bonds. The number of para-hydroxylation sites is 2. The first-order chi connectivity index (χ1) is 28.1. The SMILES string of the molecule is F/C(Cc1cccc(Oc2ccccc2)c1)=C(/F)C(CCBr)c1ccc(Cl)cc1.OCCC(/C(F)=C(\F)Cc1cccc(Oc2ccccc2)c1)c1ccc(Cl)cc1. The Kier molecular flexibility index (Phi) is 17.5. The summed E-state index contributed by atoms with van der Waals surface area (Å²) in [5.74, 6) is -2.31. The summed E-state index contributed by atoms with van der Waals surface area (Å²) >= 11 is 15.1. The fourth-order valence-electron chi connectivity index (χ4n) is 6.10. The summed E-state index contributed by atoms with van der Waals surface area (Å²) in [6.07, 6.45) is 0.188. The van der Waals surface area contributed by atoms with Crippen molar-refractivity contribution in [2.75, 3.05) is 11.9 Å². The molecule has 0 aliphatic rings. The van der Waals surface area contributed by atoms with E-state index in [1.165, 1.54) is 0 Å². The van der Waals surface area contributed by atoms with Crippen molar-refractivity contribution in [3.05, 3.63) is 213 Å². The number of hydrogen-bond acceptors (Lipinski definition) is 3. The average Bonchev–Trinajstić information content (AvgIpc) is 3.23. The van der Waals surface area contributed by atoms with Gasteiger partial charge in [0.15, 0.2) is 0 Å². The summed E-state index contributed by atoms with van der Waals surface area (Å²) in [4.78, 5) is 0. The van der Waals surface area contributed by atoms with Crippen LogP contribution in [0.5, 0.6) is 23.0 Å². The van der Waals surface area contributed by atoms with Crippen LogP contribution in [-0.2, 0) is 12.8 Å². The van der Waals surface area contributed by atoms with Gasteiger partial charge in [0, 0.05) is 46.7 Å². The lowest BCUT2D eigenvalue weighted by molar-refractivity contribution is 0.273. The van der Waals surface area contributed by atoms with Crippen LogP contribution in [0.1, 0.15) is 46.9 Å². The Morgan fingerprint density at radius 3 is 1.26 bits per heavy atom. The summed E-state index contributed by atoms with van der Waals surface area (Å²) in [5.41, 5.74) is 2.49. The molecule has 10 heteroatoms. The molecule has 58 heavy (non-hydrogen) atoms. The van der Waals surface area contributed by atoms with E-state index in [4.69, 9.17) is 32.7 Å². The van der Waals surface area contributed by atoms with Crippen molar-refractivity contribution in [1.29, 1.82) is 0 Å². The molecule has 0 bridgehead atoms. The van der Waals surface area contributed by atoms with Crippen LogP contribution in [-0.4, -0.2) is 17.0 Å². The van der Waals surface area contributed by atoms with Crippen molar-refractivity contribution in [3.8, 4) is 23.0 Å². The lowest BCUT2D eigenvalue weighted by atomic mass is 9.93. The van der Waals surface area contributed by atoms with Crippen LogP contribution in [0.25, 0.3) is 0 Å². The van der Waals surface area contributed by atoms with Crippen molar-refractivity contribution in [3.63, 3.8) is 0 Å². The number of benzene rings is 6. The first-order valence-corrected chi connectivity index (χ1v) is 20.4. The highest BCUT2D eigenvalue weighted by atomic mass is 79.9. The molecule has 0 saturated heterocycles. The molecular formula is C48H41BrCl2F4O3. The first kappa shape index (κ1) is 44.2. The van der Waals surface area contributed by atoms with E-state index in [1.54, 1.807) is 97.1 Å². The Morgan fingerprint density at radius 1 is 0.500 bits per heavy atom. The minimum absolute atomic E-state index is 0.0814. The molecule has 6 rings (SSSR count). The highest BCUT2D eigenvalue weighted by Gasteiger charge is 2.23. The van der Waals surface area contributed by atoms with Crippen LogP contribution in [0.2, 0.25) is 10.0 Å². The van der Waals surface area contributed by atoms with Crippen LogP contribution in [0.4, 0.5) is 17.6 Å². The quantitative estimate of drug-likeness (QED) is 0.0777. The number of hydrogen-bond donors (Lipinski definition) is 1. The Balaban J connectivity index is 0.000000221. The molecule has 2 unspecified atom stereocenters. The van der Waals surface area contributed by atoms with Crippen molar-refractivity contribution in [2.45, 2.75) is 37.5 Å². The lowest BCUT2D eigenvalue weighted by Gasteiger charge is -2.16. The van der Waals surface area contributed by atoms with Gasteiger partial charge in [0.2, 0.25) is 0 Å². The average molecular weight is 893 g/mol. The number of aliphatic hydroxyl groups excluding tert-OH is 1. The van der Waals surface area contributed by atoms with Gasteiger partial charge < -0.3 is 14.6 Å². The molecule has 6 aromatic carbocycles. The standard InChI is InChI=1S/C24H20BrClF2O.C24H21ClF2O2/c25-14-13-22(18-9-11-19(26)12-10-18)24(28)23(27)16-17-5-4-8-21(15-17)29-20-6-2-1-3-7-20;25-19-11-9-18(10-12-19)22(13-14-28)24(27)23(26)16-17-5-4-8-21(15-17)29-20-6-2-1-3-7-20/h1-12,15,22H,13-14,16H2;1-12,15,22,28H,13-14,16H2/b2*24-23+. The molecule has 6 aromatic rings. The van der Waals surface area contributed by atoms with Gasteiger partial charge in [-0.25, -0.2) is 17.6 Å². The molecule has 3 nitrogen and oxygen atoms in total. The summed E-state index contributed by atoms with van der Waals surface area (Å²) in [7, 11) is 0. The molecule has 0 radical (unpaired) electrons. The Labute approximate surface area is 355 Å². The zero-order valence-corrected chi connectivity index (χ0v) is 34.4. The zero-order chi connectivity index (χ0) is 41.3. The van der Waals surface area contributed by atoms with Crippen LogP contribution in [0, 0.1) is 0 Å². The van der Waals surface area contributed by atoms with Crippen molar-refractivity contribution >= 4 is 39.1 Å². The van der Waals surface area contributed by atoms with E-state index in [-0.39, 0.29) is 25.9 Å². The van der Waals surface area contributed by atoms with E-state index in [1.807, 2.05) is 60.7 Å². The minimum atomic E-state index is -0.879. The van der Waals surface area contributed by atoms with Gasteiger partial charge in [0.1, 0.15) is 46.3 Å². The van der Waals surface area contributed by atoms with Crippen LogP contribution in [0.15, 0.2) is 181 Å². The highest BCUT2D eigenvalue weighted by molar-refractivity contribution is 9.09.